The van der Waals surface area contributed by atoms with Crippen LogP contribution in [0, 0.1) is 37.5 Å². The lowest BCUT2D eigenvalue weighted by Crippen LogP contribution is -2.58. The first-order valence-electron chi connectivity index (χ1n) is 15.7. The van der Waals surface area contributed by atoms with Gasteiger partial charge in [0.1, 0.15) is 11.6 Å². The number of benzene rings is 1. The third kappa shape index (κ3) is 5.04. The second kappa shape index (κ2) is 11.0. The second-order valence-electron chi connectivity index (χ2n) is 13.3. The topological polar surface area (TPSA) is 87.7 Å². The van der Waals surface area contributed by atoms with Crippen molar-refractivity contribution >= 4 is 23.4 Å². The molecule has 1 aromatic carbocycles. The van der Waals surface area contributed by atoms with Crippen molar-refractivity contribution in [3.05, 3.63) is 53.1 Å². The molecule has 8 atom stereocenters. The summed E-state index contributed by atoms with van der Waals surface area (Å²) in [7, 11) is 0. The maximum atomic E-state index is 14.3. The Balaban J connectivity index is 1.29. The van der Waals surface area contributed by atoms with Gasteiger partial charge in [0.25, 0.3) is 0 Å². The fourth-order valence-corrected chi connectivity index (χ4v) is 8.22. The molecule has 220 valence electrons. The van der Waals surface area contributed by atoms with E-state index in [9.17, 15) is 14.4 Å². The van der Waals surface area contributed by atoms with Crippen molar-refractivity contribution in [3.8, 4) is 0 Å². The van der Waals surface area contributed by atoms with Crippen LogP contribution in [0.4, 0.5) is 5.69 Å². The lowest BCUT2D eigenvalue weighted by atomic mass is 9.73. The highest BCUT2D eigenvalue weighted by Crippen LogP contribution is 2.55. The Hall–Kier alpha value is -2.93. The standard InChI is InChI=1S/C34H45N3O4/c1-20-17-21(2)19-25(18-20)35-31(38)28-27-13-15-34(41-27)29(28)33(40)37(16-14-24-10-6-5-7-11-24)30(34)32(39)36-26-12-8-9-22(3)23(26)4/h10,13,15,17-19,22-23,26-30H,5-9,11-12,14,16H2,1-4H3,(H,35,38)(H,36,39)/t22-,23-,26-,27+,28-,29+,30+,34+/m1/s1. The van der Waals surface area contributed by atoms with E-state index in [0.717, 1.165) is 48.9 Å². The first-order valence-corrected chi connectivity index (χ1v) is 15.7. The van der Waals surface area contributed by atoms with Crippen LogP contribution < -0.4 is 10.6 Å². The molecular formula is C34H45N3O4. The van der Waals surface area contributed by atoms with Crippen LogP contribution in [0.2, 0.25) is 0 Å². The van der Waals surface area contributed by atoms with Crippen LogP contribution >= 0.6 is 0 Å². The molecule has 0 unspecified atom stereocenters. The molecule has 1 spiro atoms. The molecule has 6 rings (SSSR count). The highest BCUT2D eigenvalue weighted by Gasteiger charge is 2.72. The zero-order valence-corrected chi connectivity index (χ0v) is 24.9. The lowest BCUT2D eigenvalue weighted by Gasteiger charge is -2.38. The number of aryl methyl sites for hydroxylation is 2. The van der Waals surface area contributed by atoms with E-state index in [-0.39, 0.29) is 23.8 Å². The molecule has 2 saturated heterocycles. The Morgan fingerprint density at radius 1 is 1.05 bits per heavy atom. The van der Waals surface area contributed by atoms with Gasteiger partial charge in [-0.1, -0.05) is 56.6 Å². The normalized spacial score (nSPS) is 35.8. The lowest BCUT2D eigenvalue weighted by molar-refractivity contribution is -0.141. The fraction of sp³-hybridized carbons (Fsp3) is 0.618. The zero-order valence-electron chi connectivity index (χ0n) is 24.9. The molecule has 2 aliphatic carbocycles. The van der Waals surface area contributed by atoms with E-state index < -0.39 is 29.6 Å². The third-order valence-corrected chi connectivity index (χ3v) is 10.5. The third-order valence-electron chi connectivity index (χ3n) is 10.5. The van der Waals surface area contributed by atoms with Crippen LogP contribution in [0.5, 0.6) is 0 Å². The van der Waals surface area contributed by atoms with E-state index in [1.807, 2.05) is 38.1 Å². The van der Waals surface area contributed by atoms with E-state index in [1.165, 1.54) is 24.8 Å². The molecule has 3 amide bonds. The SMILES string of the molecule is Cc1cc(C)cc(NC(=O)[C@@H]2[C@@H]3C=C[C@]4(O3)[C@@H]2C(=O)N(CCC2=CCCCC2)[C@H]4C(=O)N[C@@H]2CCC[C@@H](C)[C@H]2C)c1. The number of hydrogen-bond donors (Lipinski definition) is 2. The van der Waals surface area contributed by atoms with Crippen molar-refractivity contribution in [2.24, 2.45) is 23.7 Å². The van der Waals surface area contributed by atoms with Crippen molar-refractivity contribution in [3.63, 3.8) is 0 Å². The Morgan fingerprint density at radius 3 is 2.56 bits per heavy atom. The second-order valence-corrected chi connectivity index (χ2v) is 13.3. The number of rotatable bonds is 7. The van der Waals surface area contributed by atoms with Gasteiger partial charge >= 0.3 is 0 Å². The molecule has 3 fully saturated rings. The summed E-state index contributed by atoms with van der Waals surface area (Å²) in [6, 6.07) is 5.23. The predicted octanol–water partition coefficient (Wildman–Crippen LogP) is 5.22. The maximum Gasteiger partial charge on any atom is 0.246 e. The first-order chi connectivity index (χ1) is 19.7. The van der Waals surface area contributed by atoms with Gasteiger partial charge in [0.15, 0.2) is 0 Å². The number of carbonyl (C=O) groups excluding carboxylic acids is 3. The van der Waals surface area contributed by atoms with E-state index in [2.05, 4.69) is 36.6 Å². The molecule has 7 nitrogen and oxygen atoms in total. The summed E-state index contributed by atoms with van der Waals surface area (Å²) in [5, 5.41) is 6.42. The summed E-state index contributed by atoms with van der Waals surface area (Å²) in [4.78, 5) is 44.0. The number of allylic oxidation sites excluding steroid dienone is 1. The van der Waals surface area contributed by atoms with E-state index in [0.29, 0.717) is 18.4 Å². The van der Waals surface area contributed by atoms with Gasteiger partial charge in [-0.05, 0) is 87.5 Å². The zero-order chi connectivity index (χ0) is 28.9. The molecule has 41 heavy (non-hydrogen) atoms. The molecule has 1 saturated carbocycles. The molecule has 3 aliphatic heterocycles. The number of likely N-dealkylation sites (tertiary alicyclic amines) is 1. The van der Waals surface area contributed by atoms with Gasteiger partial charge in [-0.25, -0.2) is 0 Å². The molecule has 3 heterocycles. The average Bonchev–Trinajstić information content (AvgIpc) is 3.57. The van der Waals surface area contributed by atoms with Crippen LogP contribution in [0.1, 0.15) is 76.3 Å². The summed E-state index contributed by atoms with van der Waals surface area (Å²) < 4.78 is 6.56. The number of ether oxygens (including phenoxy) is 1. The molecule has 7 heteroatoms. The number of fused-ring (bicyclic) bond motifs is 1. The summed E-state index contributed by atoms with van der Waals surface area (Å²) in [6.07, 6.45) is 14.0. The minimum Gasteiger partial charge on any atom is -0.359 e. The van der Waals surface area contributed by atoms with Gasteiger partial charge < -0.3 is 20.3 Å². The van der Waals surface area contributed by atoms with Crippen molar-refractivity contribution < 1.29 is 19.1 Å². The summed E-state index contributed by atoms with van der Waals surface area (Å²) in [5.41, 5.74) is 3.07. The number of nitrogens with one attached hydrogen (secondary N) is 2. The quantitative estimate of drug-likeness (QED) is 0.448. The smallest absolute Gasteiger partial charge is 0.246 e. The molecule has 2 N–H and O–H groups in total. The van der Waals surface area contributed by atoms with Crippen LogP contribution in [0.3, 0.4) is 0 Å². The highest BCUT2D eigenvalue weighted by atomic mass is 16.5. The van der Waals surface area contributed by atoms with Gasteiger partial charge in [0, 0.05) is 18.3 Å². The largest absolute Gasteiger partial charge is 0.359 e. The van der Waals surface area contributed by atoms with E-state index in [4.69, 9.17) is 4.74 Å². The summed E-state index contributed by atoms with van der Waals surface area (Å²) >= 11 is 0. The number of carbonyl (C=O) groups is 3. The maximum absolute atomic E-state index is 14.3. The number of amides is 3. The minimum absolute atomic E-state index is 0.0749. The van der Waals surface area contributed by atoms with Crippen LogP contribution in [0.15, 0.2) is 42.0 Å². The predicted molar refractivity (Wildman–Crippen MR) is 159 cm³/mol. The Morgan fingerprint density at radius 2 is 1.83 bits per heavy atom. The molecule has 5 aliphatic rings. The number of hydrogen-bond acceptors (Lipinski definition) is 4. The van der Waals surface area contributed by atoms with Gasteiger partial charge in [-0.2, -0.15) is 0 Å². The number of anilines is 1. The summed E-state index contributed by atoms with van der Waals surface area (Å²) in [5.74, 6) is -1.01. The Labute approximate surface area is 244 Å². The molecule has 0 aromatic heterocycles. The molecule has 1 aromatic rings. The molecule has 2 bridgehead atoms. The van der Waals surface area contributed by atoms with Crippen LogP contribution in [-0.2, 0) is 19.1 Å². The van der Waals surface area contributed by atoms with Crippen molar-refractivity contribution in [2.75, 3.05) is 11.9 Å². The monoisotopic (exact) mass is 559 g/mol. The van der Waals surface area contributed by atoms with Gasteiger partial charge in [0.05, 0.1) is 17.9 Å². The van der Waals surface area contributed by atoms with Crippen LogP contribution in [0.25, 0.3) is 0 Å². The fourth-order valence-electron chi connectivity index (χ4n) is 8.22. The average molecular weight is 560 g/mol. The van der Waals surface area contributed by atoms with Gasteiger partial charge in [-0.3, -0.25) is 14.4 Å². The number of nitrogens with zero attached hydrogens (tertiary/aromatic N) is 1. The highest BCUT2D eigenvalue weighted by molar-refractivity contribution is 6.02. The minimum atomic E-state index is -1.12. The van der Waals surface area contributed by atoms with Crippen molar-refractivity contribution in [2.45, 2.75) is 103 Å². The van der Waals surface area contributed by atoms with Crippen molar-refractivity contribution in [1.29, 1.82) is 0 Å². The van der Waals surface area contributed by atoms with E-state index >= 15 is 0 Å². The Kier molecular flexibility index (Phi) is 7.60. The van der Waals surface area contributed by atoms with E-state index in [1.54, 1.807) is 4.90 Å². The van der Waals surface area contributed by atoms with Crippen molar-refractivity contribution in [1.82, 2.24) is 10.2 Å². The Bertz CT molecular complexity index is 1270. The molecule has 0 radical (unpaired) electrons. The first kappa shape index (κ1) is 28.2. The van der Waals surface area contributed by atoms with Gasteiger partial charge in [0.2, 0.25) is 17.7 Å². The molecular weight excluding hydrogens is 514 g/mol. The van der Waals surface area contributed by atoms with Crippen LogP contribution in [-0.4, -0.2) is 53.0 Å². The summed E-state index contributed by atoms with van der Waals surface area (Å²) in [6.45, 7) is 8.93. The van der Waals surface area contributed by atoms with Gasteiger partial charge in [-0.15, -0.1) is 0 Å².